The molecule has 7 fully saturated rings. The number of carbonyl (C=O) groups is 3. The number of allylic oxidation sites excluding steroid dienone is 6. The van der Waals surface area contributed by atoms with Crippen LogP contribution >= 0.6 is 0 Å². The summed E-state index contributed by atoms with van der Waals surface area (Å²) in [6, 6.07) is 0. The molecule has 0 aromatic rings. The van der Waals surface area contributed by atoms with Crippen molar-refractivity contribution in [3.63, 3.8) is 0 Å². The van der Waals surface area contributed by atoms with Gasteiger partial charge in [-0.1, -0.05) is 64.8 Å². The Morgan fingerprint density at radius 3 is 2.33 bits per heavy atom. The highest BCUT2D eigenvalue weighted by molar-refractivity contribution is 5.92. The molecule has 0 aromatic heterocycles. The Labute approximate surface area is 348 Å². The average molecular weight is 799 g/mol. The van der Waals surface area contributed by atoms with Crippen LogP contribution in [0.2, 0.25) is 0 Å². The van der Waals surface area contributed by atoms with E-state index in [1.165, 1.54) is 56.6 Å². The van der Waals surface area contributed by atoms with Crippen molar-refractivity contribution >= 4 is 17.5 Å². The second-order valence-corrected chi connectivity index (χ2v) is 22.7. The Balaban J connectivity index is 0.000000151. The quantitative estimate of drug-likeness (QED) is 0.219. The molecule has 58 heavy (non-hydrogen) atoms. The minimum Gasteiger partial charge on any atom is -0.451 e. The molecule has 1 N–H and O–H groups in total. The van der Waals surface area contributed by atoms with E-state index in [9.17, 15) is 19.5 Å². The van der Waals surface area contributed by atoms with E-state index in [2.05, 4.69) is 60.6 Å². The summed E-state index contributed by atoms with van der Waals surface area (Å²) in [6.07, 6.45) is 22.8. The first-order valence-electron chi connectivity index (χ1n) is 23.7. The van der Waals surface area contributed by atoms with E-state index >= 15 is 0 Å². The van der Waals surface area contributed by atoms with Crippen molar-refractivity contribution in [3.8, 4) is 0 Å². The van der Waals surface area contributed by atoms with Crippen molar-refractivity contribution in [2.75, 3.05) is 6.61 Å². The SMILES string of the molecule is CC(=O)OC1(C(C)=O)CCC2C3C=C(C)C4=CC(=O)CCC4(C)C3CCC21C.CC1CCC2(OC1)OC1CC3C4CCC5CC(O)CCC5(C)C4=CCC3(C)C1C2C. The molecule has 5 saturated carbocycles. The molecule has 0 aromatic carbocycles. The maximum Gasteiger partial charge on any atom is 0.303 e. The summed E-state index contributed by atoms with van der Waals surface area (Å²) in [5.74, 6) is 4.71. The van der Waals surface area contributed by atoms with Gasteiger partial charge in [0.25, 0.3) is 0 Å². The molecule has 0 amide bonds. The molecule has 10 aliphatic rings. The van der Waals surface area contributed by atoms with Gasteiger partial charge in [-0.05, 0) is 173 Å². The number of Topliss-reactive ketones (excluding diaryl/α,β-unsaturated/α-hetero) is 1. The molecule has 7 nitrogen and oxygen atoms in total. The van der Waals surface area contributed by atoms with Gasteiger partial charge in [0.1, 0.15) is 0 Å². The van der Waals surface area contributed by atoms with Crippen LogP contribution in [-0.2, 0) is 28.6 Å². The van der Waals surface area contributed by atoms with Gasteiger partial charge in [0, 0.05) is 31.1 Å². The zero-order valence-electron chi connectivity index (χ0n) is 37.3. The summed E-state index contributed by atoms with van der Waals surface area (Å²) < 4.78 is 19.2. The number of ketones is 2. The smallest absolute Gasteiger partial charge is 0.303 e. The maximum absolute atomic E-state index is 12.8. The average Bonchev–Trinajstić information content (AvgIpc) is 3.74. The summed E-state index contributed by atoms with van der Waals surface area (Å²) in [4.78, 5) is 36.8. The number of aliphatic hydroxyl groups is 1. The van der Waals surface area contributed by atoms with Crippen molar-refractivity contribution in [3.05, 3.63) is 34.9 Å². The highest BCUT2D eigenvalue weighted by Crippen LogP contribution is 2.71. The molecule has 2 aliphatic heterocycles. The molecule has 2 saturated heterocycles. The van der Waals surface area contributed by atoms with Crippen LogP contribution < -0.4 is 0 Å². The predicted octanol–water partition coefficient (Wildman–Crippen LogP) is 10.3. The molecule has 10 rings (SSSR count). The number of ether oxygens (including phenoxy) is 3. The fourth-order valence-corrected chi connectivity index (χ4v) is 17.0. The summed E-state index contributed by atoms with van der Waals surface area (Å²) in [6.45, 7) is 20.4. The van der Waals surface area contributed by atoms with Gasteiger partial charge in [-0.3, -0.25) is 14.4 Å². The fraction of sp³-hybridized carbons (Fsp3) is 0.824. The van der Waals surface area contributed by atoms with Crippen molar-refractivity contribution in [2.24, 2.45) is 74.9 Å². The summed E-state index contributed by atoms with van der Waals surface area (Å²) in [5.41, 5.74) is 3.61. The highest BCUT2D eigenvalue weighted by Gasteiger charge is 2.69. The lowest BCUT2D eigenvalue weighted by atomic mass is 9.47. The number of esters is 1. The van der Waals surface area contributed by atoms with E-state index in [4.69, 9.17) is 14.2 Å². The van der Waals surface area contributed by atoms with E-state index in [-0.39, 0.29) is 40.3 Å². The Morgan fingerprint density at radius 1 is 0.862 bits per heavy atom. The molecule has 1 spiro atoms. The lowest BCUT2D eigenvalue weighted by molar-refractivity contribution is -0.272. The fourth-order valence-electron chi connectivity index (χ4n) is 17.0. The third-order valence-corrected chi connectivity index (χ3v) is 20.1. The maximum atomic E-state index is 12.8. The van der Waals surface area contributed by atoms with Crippen LogP contribution in [0.15, 0.2) is 34.9 Å². The first-order valence-corrected chi connectivity index (χ1v) is 23.7. The molecule has 8 aliphatic carbocycles. The van der Waals surface area contributed by atoms with Crippen molar-refractivity contribution < 1.29 is 33.7 Å². The van der Waals surface area contributed by atoms with Crippen LogP contribution in [0, 0.1) is 74.9 Å². The third kappa shape index (κ3) is 5.76. The van der Waals surface area contributed by atoms with Gasteiger partial charge >= 0.3 is 5.97 Å². The van der Waals surface area contributed by atoms with Crippen LogP contribution in [0.5, 0.6) is 0 Å². The summed E-state index contributed by atoms with van der Waals surface area (Å²) in [7, 11) is 0. The molecular weight excluding hydrogens is 725 g/mol. The normalized spacial score (nSPS) is 52.5. The second-order valence-electron chi connectivity index (χ2n) is 22.7. The zero-order chi connectivity index (χ0) is 41.4. The van der Waals surface area contributed by atoms with Crippen LogP contribution in [0.1, 0.15) is 159 Å². The minimum atomic E-state index is -0.990. The topological polar surface area (TPSA) is 99.1 Å². The van der Waals surface area contributed by atoms with Crippen LogP contribution in [0.25, 0.3) is 0 Å². The number of fused-ring (bicyclic) bond motifs is 12. The molecule has 17 unspecified atom stereocenters. The van der Waals surface area contributed by atoms with Gasteiger partial charge in [-0.2, -0.15) is 0 Å². The highest BCUT2D eigenvalue weighted by atomic mass is 16.7. The van der Waals surface area contributed by atoms with Gasteiger partial charge in [-0.15, -0.1) is 0 Å². The largest absolute Gasteiger partial charge is 0.451 e. The van der Waals surface area contributed by atoms with E-state index in [1.807, 2.05) is 6.08 Å². The number of hydrogen-bond donors (Lipinski definition) is 1. The van der Waals surface area contributed by atoms with Gasteiger partial charge < -0.3 is 19.3 Å². The first kappa shape index (κ1) is 41.3. The lowest BCUT2D eigenvalue weighted by Gasteiger charge is -2.58. The Morgan fingerprint density at radius 2 is 1.62 bits per heavy atom. The van der Waals surface area contributed by atoms with Crippen molar-refractivity contribution in [1.82, 2.24) is 0 Å². The van der Waals surface area contributed by atoms with E-state index in [0.29, 0.717) is 71.2 Å². The lowest BCUT2D eigenvalue weighted by Crippen LogP contribution is -2.58. The third-order valence-electron chi connectivity index (χ3n) is 20.1. The second kappa shape index (κ2) is 14.0. The van der Waals surface area contributed by atoms with Gasteiger partial charge in [0.2, 0.25) is 0 Å². The van der Waals surface area contributed by atoms with Crippen molar-refractivity contribution in [1.29, 1.82) is 0 Å². The molecule has 2 heterocycles. The van der Waals surface area contributed by atoms with Crippen LogP contribution in [0.4, 0.5) is 0 Å². The monoisotopic (exact) mass is 799 g/mol. The van der Waals surface area contributed by atoms with E-state index in [0.717, 1.165) is 63.4 Å². The predicted molar refractivity (Wildman–Crippen MR) is 224 cm³/mol. The van der Waals surface area contributed by atoms with Crippen LogP contribution in [0.3, 0.4) is 0 Å². The number of hydrogen-bond acceptors (Lipinski definition) is 7. The Kier molecular flexibility index (Phi) is 9.94. The Bertz CT molecular complexity index is 1820. The van der Waals surface area contributed by atoms with E-state index in [1.54, 1.807) is 12.5 Å². The van der Waals surface area contributed by atoms with Crippen LogP contribution in [-0.4, -0.2) is 52.8 Å². The molecule has 0 radical (unpaired) electrons. The molecule has 0 bridgehead atoms. The van der Waals surface area contributed by atoms with Crippen molar-refractivity contribution in [2.45, 2.75) is 182 Å². The zero-order valence-corrected chi connectivity index (χ0v) is 37.3. The number of aliphatic hydroxyl groups excluding tert-OH is 1. The standard InChI is InChI=1S/C27H42O3.C24H32O4/c1-16-7-12-27(29-15-16)17(2)24-23(30-27)14-22-20-6-5-18-13-19(28)8-10-25(18,3)21(20)9-11-26(22,24)4;1-14-12-18-19(22(4)9-6-17(27)13-21(14)22)7-10-23(5)20(18)8-11-24(23,15(2)25)28-16(3)26/h9,16-20,22-24,28H,5-8,10-15H2,1-4H3;12-13,18-20H,6-11H2,1-5H3. The summed E-state index contributed by atoms with van der Waals surface area (Å²) >= 11 is 0. The number of carbonyl (C=O) groups excluding carboxylic acids is 3. The summed E-state index contributed by atoms with van der Waals surface area (Å²) in [5, 5.41) is 10.3. The molecular formula is C51H74O7. The van der Waals surface area contributed by atoms with Gasteiger partial charge in [-0.25, -0.2) is 0 Å². The first-order chi connectivity index (χ1) is 27.3. The number of rotatable bonds is 2. The minimum absolute atomic E-state index is 0.0160. The molecule has 17 atom stereocenters. The Hall–Kier alpha value is -2.09. The van der Waals surface area contributed by atoms with E-state index < -0.39 is 5.60 Å². The van der Waals surface area contributed by atoms with Gasteiger partial charge in [0.15, 0.2) is 23.0 Å². The molecule has 7 heteroatoms. The van der Waals surface area contributed by atoms with Gasteiger partial charge in [0.05, 0.1) is 18.8 Å². The molecule has 320 valence electrons.